The molecule has 0 fully saturated rings. The standard InChI is InChI=1S/C22H18ClN3O.C22H17ClN2O.2C20H12Cl3N3O.C20H14ClN3O/c1-14-5-4-6-15(11-14)12-21(27)24-16-9-10-18(23)17(13-16)22-25-19-7-2-3-8-20(19)26-22;23-19-11-10-16(13-17(26)12-15-6-2-1-3-7-15)14-18(19)22-24-20-8-4-5-9-21(20)25-22;21-13-9-8-11(24-20(27)18-14(22)4-3-5-15(18)23)10-12(13)19-25-16-6-1-2-7-17(16)26-19;21-12-7-11(8-13(22)9-12)20(27)24-14-5-6-16(23)15(10-14)19-25-17-3-1-2-4-18(17)26-19;21-16-6-5-13(12-19(25)14-7-9-22-10-8-14)11-15(16)20-23-17-3-1-2-4-18(17)24-20/h2-11,13H,12H2,1H3,(H,24,27)(H,25,26);1-11,14H,12-13H2,(H,24,25);2*1-10H,(H,24,27)(H,25,26);1-11H,12H2,(H,23,24). The SMILES string of the molecule is Cc1cccc(CC(=O)Nc2ccc(Cl)c(-c3nc4ccccc4[nH]3)c2)c1.O=C(Cc1ccc(Cl)c(-c2nc3ccccc3[nH]2)c1)c1ccncc1.O=C(Cc1ccccc1)Cc1ccc(Cl)c(-c2nc3ccccc3[nH]2)c1.O=C(Nc1ccc(Cl)c(-c2nc3ccccc3[nH]2)c1)c1c(Cl)cccc1Cl.O=C(Nc1ccc(Cl)c(-c2nc3ccccc3[nH]2)c1)c1cc(Cl)cc(Cl)c1. The highest BCUT2D eigenvalue weighted by Crippen LogP contribution is 2.38. The molecule has 8 N–H and O–H groups in total. The van der Waals surface area contributed by atoms with Gasteiger partial charge in [0, 0.05) is 97.7 Å². The molecule has 0 unspecified atom stereocenters. The summed E-state index contributed by atoms with van der Waals surface area (Å²) in [6.07, 6.45) is 4.67. The van der Waals surface area contributed by atoms with Crippen LogP contribution in [0, 0.1) is 6.92 Å². The fraction of sp³-hybridized carbons (Fsp3) is 0.0481. The van der Waals surface area contributed by atoms with Gasteiger partial charge in [-0.05, 0) is 211 Å². The third-order valence-electron chi connectivity index (χ3n) is 20.8. The Balaban J connectivity index is 0.000000120. The second-order valence-corrected chi connectivity index (χ2v) is 34.0. The molecule has 19 nitrogen and oxygen atoms in total. The van der Waals surface area contributed by atoms with E-state index in [1.165, 1.54) is 0 Å². The number of aromatic amines is 5. The number of H-pyrrole nitrogens is 5. The van der Waals surface area contributed by atoms with Gasteiger partial charge in [0.2, 0.25) is 5.91 Å². The van der Waals surface area contributed by atoms with Crippen molar-refractivity contribution in [1.29, 1.82) is 0 Å². The number of rotatable bonds is 19. The first-order valence-electron chi connectivity index (χ1n) is 41.1. The Morgan fingerprint density at radius 2 is 0.621 bits per heavy atom. The van der Waals surface area contributed by atoms with Gasteiger partial charge in [0.25, 0.3) is 11.8 Å². The molecule has 132 heavy (non-hydrogen) atoms. The second kappa shape index (κ2) is 42.2. The van der Waals surface area contributed by atoms with Crippen LogP contribution in [-0.2, 0) is 35.3 Å². The van der Waals surface area contributed by atoms with E-state index in [0.29, 0.717) is 129 Å². The molecule has 0 spiro atoms. The van der Waals surface area contributed by atoms with E-state index in [0.717, 1.165) is 99.7 Å². The van der Waals surface area contributed by atoms with Crippen molar-refractivity contribution in [1.82, 2.24) is 54.8 Å². The highest BCUT2D eigenvalue weighted by atomic mass is 35.5. The van der Waals surface area contributed by atoms with Crippen LogP contribution in [0.4, 0.5) is 17.1 Å². The number of amides is 3. The summed E-state index contributed by atoms with van der Waals surface area (Å²) in [5.41, 5.74) is 20.7. The van der Waals surface area contributed by atoms with Crippen molar-refractivity contribution in [2.24, 2.45) is 0 Å². The summed E-state index contributed by atoms with van der Waals surface area (Å²) in [5, 5.41) is 12.8. The van der Waals surface area contributed by atoms with Gasteiger partial charge in [0.05, 0.1) is 102 Å². The minimum Gasteiger partial charge on any atom is -0.338 e. The zero-order valence-corrected chi connectivity index (χ0v) is 76.4. The number of hydrogen-bond donors (Lipinski definition) is 8. The number of imidazole rings is 5. The van der Waals surface area contributed by atoms with Gasteiger partial charge in [0.1, 0.15) is 34.9 Å². The Kier molecular flexibility index (Phi) is 29.2. The number of halogens is 9. The number of pyridine rings is 1. The van der Waals surface area contributed by atoms with Crippen molar-refractivity contribution in [3.8, 4) is 56.9 Å². The van der Waals surface area contributed by atoms with Crippen LogP contribution in [0.15, 0.2) is 328 Å². The van der Waals surface area contributed by atoms with E-state index in [2.05, 4.69) is 70.8 Å². The molecule has 14 aromatic carbocycles. The molecule has 28 heteroatoms. The van der Waals surface area contributed by atoms with Gasteiger partial charge >= 0.3 is 0 Å². The third kappa shape index (κ3) is 23.0. The number of benzene rings is 14. The van der Waals surface area contributed by atoms with Crippen molar-refractivity contribution >= 4 is 206 Å². The van der Waals surface area contributed by atoms with Crippen LogP contribution in [0.3, 0.4) is 0 Å². The number of ketones is 2. The largest absolute Gasteiger partial charge is 0.338 e. The number of anilines is 3. The molecule has 20 rings (SSSR count). The summed E-state index contributed by atoms with van der Waals surface area (Å²) in [7, 11) is 0. The zero-order chi connectivity index (χ0) is 91.9. The van der Waals surface area contributed by atoms with E-state index >= 15 is 0 Å². The number of carbonyl (C=O) groups excluding carboxylic acids is 5. The lowest BCUT2D eigenvalue weighted by Crippen LogP contribution is -2.14. The Bertz CT molecular complexity index is 7480. The normalized spacial score (nSPS) is 10.9. The maximum atomic E-state index is 12.6. The number of para-hydroxylation sites is 10. The van der Waals surface area contributed by atoms with Crippen molar-refractivity contribution in [2.45, 2.75) is 32.6 Å². The molecular weight excluding hydrogens is 1840 g/mol. The molecule has 3 amide bonds. The summed E-state index contributed by atoms with van der Waals surface area (Å²) >= 11 is 55.9. The number of aryl methyl sites for hydroxylation is 1. The minimum absolute atomic E-state index is 0.0419. The highest BCUT2D eigenvalue weighted by Gasteiger charge is 2.22. The summed E-state index contributed by atoms with van der Waals surface area (Å²) in [6.45, 7) is 2.01. The molecule has 20 aromatic rings. The quantitative estimate of drug-likeness (QED) is 0.0352. The maximum Gasteiger partial charge on any atom is 0.258 e. The molecular formula is C104H73Cl9N14O5. The Morgan fingerprint density at radius 1 is 0.280 bits per heavy atom. The van der Waals surface area contributed by atoms with E-state index in [9.17, 15) is 24.0 Å². The van der Waals surface area contributed by atoms with Gasteiger partial charge < -0.3 is 40.9 Å². The molecule has 6 heterocycles. The van der Waals surface area contributed by atoms with Gasteiger partial charge in [-0.25, -0.2) is 24.9 Å². The van der Waals surface area contributed by atoms with Crippen LogP contribution >= 0.6 is 104 Å². The third-order valence-corrected chi connectivity index (χ3v) is 23.5. The van der Waals surface area contributed by atoms with E-state index in [4.69, 9.17) is 104 Å². The van der Waals surface area contributed by atoms with Gasteiger partial charge in [-0.3, -0.25) is 29.0 Å². The predicted molar refractivity (Wildman–Crippen MR) is 536 cm³/mol. The Morgan fingerprint density at radius 3 is 1.03 bits per heavy atom. The number of hydrogen-bond acceptors (Lipinski definition) is 11. The molecule has 0 saturated heterocycles. The lowest BCUT2D eigenvalue weighted by atomic mass is 10.0. The van der Waals surface area contributed by atoms with Gasteiger partial charge in [-0.1, -0.05) is 243 Å². The van der Waals surface area contributed by atoms with Crippen LogP contribution in [0.25, 0.3) is 112 Å². The number of nitrogens with zero attached hydrogens (tertiary/aromatic N) is 6. The van der Waals surface area contributed by atoms with Crippen LogP contribution in [0.5, 0.6) is 0 Å². The van der Waals surface area contributed by atoms with Gasteiger partial charge in [0.15, 0.2) is 5.78 Å². The van der Waals surface area contributed by atoms with Crippen molar-refractivity contribution in [3.05, 3.63) is 418 Å². The van der Waals surface area contributed by atoms with Crippen LogP contribution in [0.2, 0.25) is 45.2 Å². The van der Waals surface area contributed by atoms with E-state index in [1.54, 1.807) is 116 Å². The average Bonchev–Trinajstić information content (AvgIpc) is 1.65. The average molecular weight is 1920 g/mol. The maximum absolute atomic E-state index is 12.6. The summed E-state index contributed by atoms with van der Waals surface area (Å²) in [5.74, 6) is 2.76. The summed E-state index contributed by atoms with van der Waals surface area (Å²) in [4.78, 5) is 105. The van der Waals surface area contributed by atoms with Crippen molar-refractivity contribution in [2.75, 3.05) is 16.0 Å². The zero-order valence-electron chi connectivity index (χ0n) is 69.6. The topological polar surface area (TPSA) is 278 Å². The second-order valence-electron chi connectivity index (χ2n) is 30.3. The van der Waals surface area contributed by atoms with E-state index in [1.807, 2.05) is 219 Å². The van der Waals surface area contributed by atoms with E-state index < -0.39 is 5.91 Å². The van der Waals surface area contributed by atoms with Crippen LogP contribution in [-0.4, -0.2) is 84.1 Å². The first kappa shape index (κ1) is 91.3. The first-order chi connectivity index (χ1) is 64.0. The van der Waals surface area contributed by atoms with Crippen molar-refractivity contribution < 1.29 is 24.0 Å². The molecule has 0 radical (unpaired) electrons. The van der Waals surface area contributed by atoms with Crippen molar-refractivity contribution in [3.63, 3.8) is 0 Å². The monoisotopic (exact) mass is 1910 g/mol. The van der Waals surface area contributed by atoms with E-state index in [-0.39, 0.29) is 39.0 Å². The number of nitrogens with one attached hydrogen (secondary N) is 8. The lowest BCUT2D eigenvalue weighted by molar-refractivity contribution is -0.118. The van der Waals surface area contributed by atoms with Gasteiger partial charge in [-0.15, -0.1) is 0 Å². The minimum atomic E-state index is -0.400. The first-order valence-corrected chi connectivity index (χ1v) is 44.5. The lowest BCUT2D eigenvalue weighted by Gasteiger charge is -2.10. The molecule has 0 bridgehead atoms. The van der Waals surface area contributed by atoms with Gasteiger partial charge in [-0.2, -0.15) is 0 Å². The predicted octanol–water partition coefficient (Wildman–Crippen LogP) is 28.2. The molecule has 6 aromatic heterocycles. The Labute approximate surface area is 801 Å². The molecule has 0 saturated carbocycles. The highest BCUT2D eigenvalue weighted by molar-refractivity contribution is 6.41. The smallest absolute Gasteiger partial charge is 0.258 e. The fourth-order valence-corrected chi connectivity index (χ4v) is 16.6. The Hall–Kier alpha value is -14.1. The molecule has 0 aliphatic heterocycles. The number of fused-ring (bicyclic) bond motifs is 5. The van der Waals surface area contributed by atoms with Crippen LogP contribution in [0.1, 0.15) is 58.9 Å². The molecule has 0 aliphatic carbocycles. The number of Topliss-reactive ketones (excluding diaryl/α,β-unsaturated/α-hetero) is 2. The molecule has 652 valence electrons. The fourth-order valence-electron chi connectivity index (χ4n) is 14.4. The summed E-state index contributed by atoms with van der Waals surface area (Å²) < 4.78 is 0. The number of carbonyl (C=O) groups is 5. The van der Waals surface area contributed by atoms with Crippen LogP contribution < -0.4 is 16.0 Å². The molecule has 0 atom stereocenters. The number of aromatic nitrogens is 11. The summed E-state index contributed by atoms with van der Waals surface area (Å²) in [6, 6.07) is 96.6. The molecule has 0 aliphatic rings.